The second kappa shape index (κ2) is 21.2. The van der Waals surface area contributed by atoms with Crippen LogP contribution in [-0.2, 0) is 10.8 Å². The summed E-state index contributed by atoms with van der Waals surface area (Å²) in [5, 5.41) is 4.15. The Labute approximate surface area is 399 Å². The van der Waals surface area contributed by atoms with Crippen molar-refractivity contribution >= 4 is 29.1 Å². The zero-order valence-corrected chi connectivity index (χ0v) is 44.8. The molecule has 0 aromatic carbocycles. The summed E-state index contributed by atoms with van der Waals surface area (Å²) in [4.78, 5) is 4.30. The van der Waals surface area contributed by atoms with Gasteiger partial charge in [0.15, 0.2) is 0 Å². The van der Waals surface area contributed by atoms with E-state index in [0.29, 0.717) is 17.8 Å². The van der Waals surface area contributed by atoms with Crippen LogP contribution in [0, 0.1) is 34.5 Å². The van der Waals surface area contributed by atoms with Gasteiger partial charge in [-0.05, 0) is 157 Å². The molecule has 1 aromatic rings. The Morgan fingerprint density at radius 3 is 2.31 bits per heavy atom. The van der Waals surface area contributed by atoms with Crippen LogP contribution in [-0.4, -0.2) is 26.4 Å². The Kier molecular flexibility index (Phi) is 17.1. The van der Waals surface area contributed by atoms with Gasteiger partial charge in [0.25, 0.3) is 0 Å². The van der Waals surface area contributed by atoms with Gasteiger partial charge in [0.2, 0.25) is 7.28 Å². The van der Waals surface area contributed by atoms with Crippen molar-refractivity contribution in [3.8, 4) is 0 Å². The fourth-order valence-electron chi connectivity index (χ4n) is 10.3. The number of thiophene rings is 1. The van der Waals surface area contributed by atoms with Crippen molar-refractivity contribution in [3.63, 3.8) is 0 Å². The predicted molar refractivity (Wildman–Crippen MR) is 288 cm³/mol. The van der Waals surface area contributed by atoms with Gasteiger partial charge in [-0.1, -0.05) is 180 Å². The third kappa shape index (κ3) is 12.8. The molecule has 4 heteroatoms. The third-order valence-corrected chi connectivity index (χ3v) is 16.8. The van der Waals surface area contributed by atoms with Gasteiger partial charge < -0.3 is 10.2 Å². The first kappa shape index (κ1) is 51.7. The van der Waals surface area contributed by atoms with Crippen LogP contribution in [0.3, 0.4) is 0 Å². The number of allylic oxidation sites excluding steroid dienone is 13. The summed E-state index contributed by atoms with van der Waals surface area (Å²) in [5.41, 5.74) is 14.4. The van der Waals surface area contributed by atoms with Crippen LogP contribution < -0.4 is 15.0 Å². The highest BCUT2D eigenvalue weighted by atomic mass is 32.1. The van der Waals surface area contributed by atoms with Gasteiger partial charge in [0, 0.05) is 29.4 Å². The van der Waals surface area contributed by atoms with E-state index in [9.17, 15) is 0 Å². The normalized spacial score (nSPS) is 23.1. The van der Waals surface area contributed by atoms with E-state index in [1.807, 2.05) is 0 Å². The highest BCUT2D eigenvalue weighted by Crippen LogP contribution is 2.53. The summed E-state index contributed by atoms with van der Waals surface area (Å²) in [6, 6.07) is 0.0819. The van der Waals surface area contributed by atoms with Crippen LogP contribution in [0.4, 0.5) is 5.69 Å². The van der Waals surface area contributed by atoms with Crippen molar-refractivity contribution < 1.29 is 0 Å². The first-order valence-electron chi connectivity index (χ1n) is 25.3. The lowest BCUT2D eigenvalue weighted by atomic mass is 9.56. The van der Waals surface area contributed by atoms with Crippen molar-refractivity contribution in [3.05, 3.63) is 128 Å². The highest BCUT2D eigenvalue weighted by Gasteiger charge is 2.43. The number of fused-ring (bicyclic) bond motifs is 2. The number of nitrogens with one attached hydrogen (secondary N) is 1. The maximum Gasteiger partial charge on any atom is 0.207 e. The first-order valence-corrected chi connectivity index (χ1v) is 26.1. The summed E-state index contributed by atoms with van der Waals surface area (Å²) >= 11 is 2.08. The molecule has 4 aliphatic carbocycles. The molecule has 1 radical (unpaired) electrons. The predicted octanol–water partition coefficient (Wildman–Crippen LogP) is 16.3. The average Bonchev–Trinajstić information content (AvgIpc) is 3.61. The van der Waals surface area contributed by atoms with E-state index in [1.54, 1.807) is 16.0 Å². The second-order valence-corrected chi connectivity index (χ2v) is 24.8. The van der Waals surface area contributed by atoms with Crippen LogP contribution in [0.1, 0.15) is 180 Å². The lowest BCUT2D eigenvalue weighted by Crippen LogP contribution is -2.37. The maximum absolute atomic E-state index is 4.81. The lowest BCUT2D eigenvalue weighted by Gasteiger charge is -2.44. The zero-order valence-electron chi connectivity index (χ0n) is 43.9. The Hall–Kier alpha value is -3.24. The summed E-state index contributed by atoms with van der Waals surface area (Å²) in [5.74, 6) is 2.38. The molecule has 3 atom stereocenters. The smallest absolute Gasteiger partial charge is 0.207 e. The van der Waals surface area contributed by atoms with Crippen molar-refractivity contribution in [2.24, 2.45) is 34.5 Å². The Bertz CT molecular complexity index is 2120. The number of hydrogen-bond donors (Lipinski definition) is 1. The van der Waals surface area contributed by atoms with Crippen molar-refractivity contribution in [1.82, 2.24) is 5.32 Å². The SMILES string of the molecule is C=C(C1=CC(C)=CCC1)C(C/C=C/C(C)C)NC(=C/CN(C/C=C\C(=C/C)C(C)C)c1c([B]C2=CCC3C(=C2)C(C)(C)CCC3C)sc2c1C(C)(C)CCC2(C)C)/C=C(\C)C(C)(C)C. The fraction of sp³-hybridized carbons (Fsp3) is 0.600. The van der Waals surface area contributed by atoms with Crippen LogP contribution >= 0.6 is 11.3 Å². The monoisotopic (exact) mass is 882 g/mol. The molecule has 2 nitrogen and oxygen atoms in total. The largest absolute Gasteiger partial charge is 0.378 e. The minimum atomic E-state index is 0.0386. The standard InChI is InChI=1S/C60H90BN2S/c1-19-46(41(4)5)26-22-35-63(36-31-49(38-44(8)57(10,11)12)62-52(27-20-23-40(2)3)45(9)47-25-21-24-42(6)37-47)54-53-55(60(17,18)34-33-59(53,15)16)64-56(54)61-48-28-29-50-43(7)30-32-58(13,14)51(50)39-48/h19-20,22-24,26,28,31,37-41,43,50,52,62H,9,21,25,27,29-30,32-36H2,1-8,10-18H3/b23-20+,26-22-,44-38+,46-19+,49-31+. The molecule has 1 aromatic heterocycles. The van der Waals surface area contributed by atoms with Gasteiger partial charge in [-0.2, -0.15) is 11.3 Å². The number of anilines is 1. The van der Waals surface area contributed by atoms with Crippen molar-refractivity contribution in [2.75, 3.05) is 18.0 Å². The Morgan fingerprint density at radius 1 is 0.969 bits per heavy atom. The fourth-order valence-corrected chi connectivity index (χ4v) is 11.9. The molecule has 64 heavy (non-hydrogen) atoms. The van der Waals surface area contributed by atoms with Gasteiger partial charge in [0.05, 0.1) is 6.04 Å². The van der Waals surface area contributed by atoms with Crippen LogP contribution in [0.2, 0.25) is 0 Å². The van der Waals surface area contributed by atoms with Crippen LogP contribution in [0.25, 0.3) is 0 Å². The quantitative estimate of drug-likeness (QED) is 0.0953. The average molecular weight is 882 g/mol. The molecule has 0 bridgehead atoms. The minimum Gasteiger partial charge on any atom is -0.378 e. The minimum absolute atomic E-state index is 0.0386. The third-order valence-electron chi connectivity index (χ3n) is 15.3. The van der Waals surface area contributed by atoms with Crippen LogP contribution in [0.5, 0.6) is 0 Å². The molecule has 1 heterocycles. The molecule has 1 saturated carbocycles. The summed E-state index contributed by atoms with van der Waals surface area (Å²) in [7, 11) is 2.59. The zero-order chi connectivity index (χ0) is 47.4. The van der Waals surface area contributed by atoms with Gasteiger partial charge in [-0.15, -0.1) is 0 Å². The molecule has 0 saturated heterocycles. The van der Waals surface area contributed by atoms with E-state index >= 15 is 0 Å². The van der Waals surface area contributed by atoms with Crippen molar-refractivity contribution in [2.45, 2.75) is 186 Å². The molecule has 4 aliphatic rings. The Balaban J connectivity index is 1.69. The topological polar surface area (TPSA) is 15.3 Å². The van der Waals surface area contributed by atoms with Gasteiger partial charge in [-0.25, -0.2) is 0 Å². The second-order valence-electron chi connectivity index (χ2n) is 23.8. The molecule has 1 fully saturated rings. The molecule has 3 unspecified atom stereocenters. The molecule has 1 N–H and O–H groups in total. The molecule has 5 rings (SSSR count). The van der Waals surface area contributed by atoms with E-state index < -0.39 is 0 Å². The van der Waals surface area contributed by atoms with Crippen LogP contribution in [0.15, 0.2) is 118 Å². The Morgan fingerprint density at radius 2 is 1.67 bits per heavy atom. The molecule has 349 valence electrons. The van der Waals surface area contributed by atoms with E-state index in [4.69, 9.17) is 6.58 Å². The number of rotatable bonds is 17. The van der Waals surface area contributed by atoms with Crippen molar-refractivity contribution in [1.29, 1.82) is 0 Å². The van der Waals surface area contributed by atoms with E-state index in [0.717, 1.165) is 44.7 Å². The van der Waals surface area contributed by atoms with Gasteiger partial charge in [0.1, 0.15) is 0 Å². The molecule has 0 aliphatic heterocycles. The summed E-state index contributed by atoms with van der Waals surface area (Å²) < 4.78 is 1.42. The maximum atomic E-state index is 4.81. The first-order chi connectivity index (χ1) is 29.8. The molecule has 0 spiro atoms. The lowest BCUT2D eigenvalue weighted by molar-refractivity contribution is 0.213. The van der Waals surface area contributed by atoms with Gasteiger partial charge in [-0.3, -0.25) is 0 Å². The number of nitrogens with zero attached hydrogens (tertiary/aromatic N) is 1. The number of hydrogen-bond acceptors (Lipinski definition) is 3. The van der Waals surface area contributed by atoms with E-state index in [2.05, 4.69) is 213 Å². The molecule has 0 amide bonds. The molecular formula is C60H90BN2S. The van der Waals surface area contributed by atoms with Gasteiger partial charge >= 0.3 is 0 Å². The van der Waals surface area contributed by atoms with E-state index in [1.165, 1.54) is 75.2 Å². The molecular weight excluding hydrogens is 792 g/mol. The summed E-state index contributed by atoms with van der Waals surface area (Å²) in [6.07, 6.45) is 35.8. The highest BCUT2D eigenvalue weighted by molar-refractivity contribution is 7.23. The summed E-state index contributed by atoms with van der Waals surface area (Å²) in [6.45, 7) is 46.8. The van der Waals surface area contributed by atoms with E-state index in [-0.39, 0.29) is 27.7 Å².